The molecule has 0 aromatic heterocycles. The van der Waals surface area contributed by atoms with Crippen LogP contribution >= 0.6 is 11.6 Å². The summed E-state index contributed by atoms with van der Waals surface area (Å²) in [5.41, 5.74) is 3.65. The first-order valence-electron chi connectivity index (χ1n) is 12.3. The van der Waals surface area contributed by atoms with Gasteiger partial charge >= 0.3 is 0 Å². The Labute approximate surface area is 223 Å². The maximum atomic E-state index is 12.1. The number of rotatable bonds is 15. The molecule has 0 spiro atoms. The van der Waals surface area contributed by atoms with Gasteiger partial charge in [-0.1, -0.05) is 56.0 Å². The highest BCUT2D eigenvalue weighted by Crippen LogP contribution is 2.36. The number of hydrogen-bond acceptors (Lipinski definition) is 6. The van der Waals surface area contributed by atoms with Gasteiger partial charge in [-0.15, -0.1) is 0 Å². The minimum Gasteiger partial charge on any atom is -0.494 e. The van der Waals surface area contributed by atoms with Crippen molar-refractivity contribution in [3.63, 3.8) is 0 Å². The van der Waals surface area contributed by atoms with Gasteiger partial charge in [-0.3, -0.25) is 4.79 Å². The van der Waals surface area contributed by atoms with E-state index in [0.717, 1.165) is 24.5 Å². The van der Waals surface area contributed by atoms with E-state index >= 15 is 0 Å². The van der Waals surface area contributed by atoms with Gasteiger partial charge in [0.05, 0.1) is 25.0 Å². The summed E-state index contributed by atoms with van der Waals surface area (Å²) in [6.45, 7) is 3.51. The SMILES string of the molecule is CCCCCCOc1ccc(OCCOc2c(Cl)cc(/C=N\NC(=O)c3ccccc3)cc2OC)cc1. The lowest BCUT2D eigenvalue weighted by Crippen LogP contribution is -2.17. The molecule has 3 aromatic carbocycles. The van der Waals surface area contributed by atoms with Crippen LogP contribution in [0.4, 0.5) is 0 Å². The summed E-state index contributed by atoms with van der Waals surface area (Å²) in [6.07, 6.45) is 6.19. The molecular formula is C29H33ClN2O5. The Morgan fingerprint density at radius 2 is 1.57 bits per heavy atom. The molecule has 3 rings (SSSR count). The fraction of sp³-hybridized carbons (Fsp3) is 0.310. The van der Waals surface area contributed by atoms with Gasteiger partial charge in [0.1, 0.15) is 24.7 Å². The third kappa shape index (κ3) is 9.35. The number of benzene rings is 3. The van der Waals surface area contributed by atoms with Crippen molar-refractivity contribution >= 4 is 23.7 Å². The summed E-state index contributed by atoms with van der Waals surface area (Å²) >= 11 is 6.42. The third-order valence-corrected chi connectivity index (χ3v) is 5.64. The third-order valence-electron chi connectivity index (χ3n) is 5.36. The summed E-state index contributed by atoms with van der Waals surface area (Å²) < 4.78 is 22.8. The molecule has 196 valence electrons. The molecule has 0 fully saturated rings. The lowest BCUT2D eigenvalue weighted by molar-refractivity contribution is 0.0955. The molecule has 0 aliphatic heterocycles. The van der Waals surface area contributed by atoms with Crippen LogP contribution in [0.3, 0.4) is 0 Å². The average molecular weight is 525 g/mol. The molecule has 0 saturated carbocycles. The largest absolute Gasteiger partial charge is 0.494 e. The Kier molecular flexibility index (Phi) is 11.6. The fourth-order valence-corrected chi connectivity index (χ4v) is 3.70. The van der Waals surface area contributed by atoms with E-state index in [1.165, 1.54) is 32.6 Å². The van der Waals surface area contributed by atoms with Crippen molar-refractivity contribution in [2.24, 2.45) is 5.10 Å². The van der Waals surface area contributed by atoms with Crippen LogP contribution in [-0.4, -0.2) is 39.1 Å². The first kappa shape index (κ1) is 27.9. The highest BCUT2D eigenvalue weighted by molar-refractivity contribution is 6.32. The molecule has 0 saturated heterocycles. The predicted molar refractivity (Wildman–Crippen MR) is 147 cm³/mol. The summed E-state index contributed by atoms with van der Waals surface area (Å²) in [7, 11) is 1.53. The number of carbonyl (C=O) groups excluding carboxylic acids is 1. The molecule has 1 N–H and O–H groups in total. The van der Waals surface area contributed by atoms with E-state index in [-0.39, 0.29) is 12.5 Å². The van der Waals surface area contributed by atoms with Crippen LogP contribution in [0.25, 0.3) is 0 Å². The highest BCUT2D eigenvalue weighted by atomic mass is 35.5. The number of halogens is 1. The van der Waals surface area contributed by atoms with Crippen molar-refractivity contribution in [1.29, 1.82) is 0 Å². The monoisotopic (exact) mass is 524 g/mol. The molecule has 37 heavy (non-hydrogen) atoms. The number of nitrogens with one attached hydrogen (secondary N) is 1. The molecule has 0 radical (unpaired) electrons. The van der Waals surface area contributed by atoms with Crippen LogP contribution in [0.1, 0.15) is 48.5 Å². The Bertz CT molecular complexity index is 1140. The summed E-state index contributed by atoms with van der Waals surface area (Å²) in [6, 6.07) is 19.8. The zero-order chi connectivity index (χ0) is 26.3. The zero-order valence-corrected chi connectivity index (χ0v) is 22.0. The molecule has 1 amide bonds. The minimum absolute atomic E-state index is 0.270. The van der Waals surface area contributed by atoms with Crippen LogP contribution in [0.2, 0.25) is 5.02 Å². The molecule has 0 aliphatic carbocycles. The quantitative estimate of drug-likeness (QED) is 0.139. The zero-order valence-electron chi connectivity index (χ0n) is 21.2. The lowest BCUT2D eigenvalue weighted by atomic mass is 10.2. The summed E-state index contributed by atoms with van der Waals surface area (Å²) in [5, 5.41) is 4.36. The maximum Gasteiger partial charge on any atom is 0.271 e. The van der Waals surface area contributed by atoms with E-state index < -0.39 is 0 Å². The van der Waals surface area contributed by atoms with E-state index in [9.17, 15) is 4.79 Å². The second-order valence-electron chi connectivity index (χ2n) is 8.18. The van der Waals surface area contributed by atoms with Gasteiger partial charge in [0.15, 0.2) is 11.5 Å². The predicted octanol–water partition coefficient (Wildman–Crippen LogP) is 6.53. The first-order chi connectivity index (χ1) is 18.1. The van der Waals surface area contributed by atoms with Gasteiger partial charge in [0.25, 0.3) is 5.91 Å². The minimum atomic E-state index is -0.306. The lowest BCUT2D eigenvalue weighted by Gasteiger charge is -2.14. The van der Waals surface area contributed by atoms with Gasteiger partial charge in [0, 0.05) is 5.56 Å². The maximum absolute atomic E-state index is 12.1. The van der Waals surface area contributed by atoms with Crippen molar-refractivity contribution in [1.82, 2.24) is 5.43 Å². The molecule has 8 heteroatoms. The number of hydrogen-bond donors (Lipinski definition) is 1. The fourth-order valence-electron chi connectivity index (χ4n) is 3.43. The van der Waals surface area contributed by atoms with E-state index in [1.807, 2.05) is 30.3 Å². The molecule has 0 bridgehead atoms. The molecule has 3 aromatic rings. The topological polar surface area (TPSA) is 78.4 Å². The first-order valence-corrected chi connectivity index (χ1v) is 12.7. The van der Waals surface area contributed by atoms with Crippen LogP contribution in [0.5, 0.6) is 23.0 Å². The van der Waals surface area contributed by atoms with E-state index in [4.69, 9.17) is 30.5 Å². The highest BCUT2D eigenvalue weighted by Gasteiger charge is 2.12. The van der Waals surface area contributed by atoms with Crippen molar-refractivity contribution in [2.75, 3.05) is 26.9 Å². The second kappa shape index (κ2) is 15.4. The van der Waals surface area contributed by atoms with Gasteiger partial charge < -0.3 is 18.9 Å². The van der Waals surface area contributed by atoms with Crippen LogP contribution in [0.15, 0.2) is 71.8 Å². The number of amides is 1. The number of methoxy groups -OCH3 is 1. The molecule has 0 atom stereocenters. The van der Waals surface area contributed by atoms with E-state index in [0.29, 0.717) is 34.3 Å². The number of carbonyl (C=O) groups is 1. The van der Waals surface area contributed by atoms with Crippen molar-refractivity contribution < 1.29 is 23.7 Å². The van der Waals surface area contributed by atoms with Gasteiger partial charge in [-0.2, -0.15) is 5.10 Å². The van der Waals surface area contributed by atoms with Gasteiger partial charge in [-0.05, 0) is 60.5 Å². The number of unbranched alkanes of at least 4 members (excludes halogenated alkanes) is 3. The number of hydrazone groups is 1. The van der Waals surface area contributed by atoms with E-state index in [1.54, 1.807) is 36.4 Å². The van der Waals surface area contributed by atoms with E-state index in [2.05, 4.69) is 17.5 Å². The number of ether oxygens (including phenoxy) is 4. The molecule has 7 nitrogen and oxygen atoms in total. The number of nitrogens with zero attached hydrogens (tertiary/aromatic N) is 1. The summed E-state index contributed by atoms with van der Waals surface area (Å²) in [5.74, 6) is 2.11. The van der Waals surface area contributed by atoms with Crippen molar-refractivity contribution in [2.45, 2.75) is 32.6 Å². The van der Waals surface area contributed by atoms with Crippen molar-refractivity contribution in [3.05, 3.63) is 82.9 Å². The molecule has 0 heterocycles. The normalized spacial score (nSPS) is 10.8. The summed E-state index contributed by atoms with van der Waals surface area (Å²) in [4.78, 5) is 12.1. The molecule has 0 unspecified atom stereocenters. The van der Waals surface area contributed by atoms with Crippen LogP contribution in [0, 0.1) is 0 Å². The Hall–Kier alpha value is -3.71. The smallest absolute Gasteiger partial charge is 0.271 e. The molecule has 0 aliphatic rings. The molecular weight excluding hydrogens is 492 g/mol. The second-order valence-corrected chi connectivity index (χ2v) is 8.58. The average Bonchev–Trinajstić information content (AvgIpc) is 2.92. The van der Waals surface area contributed by atoms with Gasteiger partial charge in [-0.25, -0.2) is 5.43 Å². The van der Waals surface area contributed by atoms with Gasteiger partial charge in [0.2, 0.25) is 0 Å². The van der Waals surface area contributed by atoms with Crippen LogP contribution in [-0.2, 0) is 0 Å². The Morgan fingerprint density at radius 1 is 0.892 bits per heavy atom. The Morgan fingerprint density at radius 3 is 2.24 bits per heavy atom. The Balaban J connectivity index is 1.46. The van der Waals surface area contributed by atoms with Crippen molar-refractivity contribution in [3.8, 4) is 23.0 Å². The van der Waals surface area contributed by atoms with Crippen LogP contribution < -0.4 is 24.4 Å². The standard InChI is InChI=1S/C29H33ClN2O5/c1-3-4-5-9-16-35-24-12-14-25(15-13-24)36-17-18-37-28-26(30)19-22(20-27(28)34-2)21-31-32-29(33)23-10-7-6-8-11-23/h6-8,10-15,19-21H,3-5,9,16-18H2,1-2H3,(H,32,33)/b31-21-.